The maximum absolute atomic E-state index is 2.76. The number of hydrogen-bond donors (Lipinski definition) is 0. The van der Waals surface area contributed by atoms with Crippen LogP contribution >= 0.6 is 0 Å². The minimum absolute atomic E-state index is 0.327. The Kier molecular flexibility index (Phi) is 13.8. The van der Waals surface area contributed by atoms with Crippen molar-refractivity contribution in [3.8, 4) is 66.8 Å². The predicted molar refractivity (Wildman–Crippen MR) is 458 cm³/mol. The molecule has 6 heteroatoms. The normalized spacial score (nSPS) is 14.0. The molecule has 4 aliphatic heterocycles. The van der Waals surface area contributed by atoms with Crippen LogP contribution in [0.3, 0.4) is 0 Å². The Labute approximate surface area is 638 Å². The Morgan fingerprint density at radius 1 is 0.200 bits per heavy atom. The molecule has 23 rings (SSSR count). The van der Waals surface area contributed by atoms with Gasteiger partial charge >= 0.3 is 0 Å². The molecular weight excluding hydrogens is 1330 g/mol. The summed E-state index contributed by atoms with van der Waals surface area (Å²) < 4.78 is 5.52. The maximum atomic E-state index is 2.76. The van der Waals surface area contributed by atoms with E-state index in [0.717, 1.165) is 68.2 Å². The van der Waals surface area contributed by atoms with Crippen molar-refractivity contribution < 1.29 is 0 Å². The molecule has 0 N–H and O–H groups in total. The van der Waals surface area contributed by atoms with E-state index in [4.69, 9.17) is 0 Å². The van der Waals surface area contributed by atoms with Crippen molar-refractivity contribution >= 4 is 112 Å². The van der Waals surface area contributed by atoms with Gasteiger partial charge in [0.05, 0.1) is 56.9 Å². The number of para-hydroxylation sites is 6. The van der Waals surface area contributed by atoms with Gasteiger partial charge in [0, 0.05) is 100 Å². The summed E-state index contributed by atoms with van der Waals surface area (Å²) in [4.78, 5) is 10.2. The van der Waals surface area contributed by atoms with E-state index in [0.29, 0.717) is 0 Å². The fraction of sp³-hybridized carbons (Fsp3) is 0.0192. The minimum atomic E-state index is -0.327. The third kappa shape index (κ3) is 9.42. The predicted octanol–water partition coefficient (Wildman–Crippen LogP) is 28.3. The van der Waals surface area contributed by atoms with Crippen molar-refractivity contribution in [1.82, 2.24) is 9.13 Å². The number of rotatable bonds is 12. The lowest BCUT2D eigenvalue weighted by molar-refractivity contribution is 0.690. The van der Waals surface area contributed by atoms with E-state index in [1.165, 1.54) is 133 Å². The van der Waals surface area contributed by atoms with Gasteiger partial charge in [-0.3, -0.25) is 0 Å². The first-order valence-corrected chi connectivity index (χ1v) is 38.1. The fourth-order valence-corrected chi connectivity index (χ4v) is 18.9. The Bertz CT molecular complexity index is 6380. The highest BCUT2D eigenvalue weighted by Gasteiger charge is 2.46. The first kappa shape index (κ1) is 61.8. The van der Waals surface area contributed by atoms with Gasteiger partial charge in [-0.1, -0.05) is 243 Å². The van der Waals surface area contributed by atoms with Crippen molar-refractivity contribution in [2.75, 3.05) is 19.6 Å². The van der Waals surface area contributed by atoms with Gasteiger partial charge in [0.1, 0.15) is 0 Å². The molecule has 0 aliphatic carbocycles. The van der Waals surface area contributed by atoms with Gasteiger partial charge in [0.2, 0.25) is 0 Å². The summed E-state index contributed by atoms with van der Waals surface area (Å²) >= 11 is 0. The molecule has 4 aliphatic rings. The van der Waals surface area contributed by atoms with Gasteiger partial charge in [0.25, 0.3) is 0 Å². The van der Waals surface area contributed by atoms with Gasteiger partial charge in [-0.2, -0.15) is 0 Å². The van der Waals surface area contributed by atoms with Gasteiger partial charge in [0.15, 0.2) is 0 Å². The van der Waals surface area contributed by atoms with Crippen LogP contribution in [-0.4, -0.2) is 9.13 Å². The molecule has 6 heterocycles. The number of hydrogen-bond acceptors (Lipinski definition) is 4. The number of nitrogens with zero attached hydrogens (tertiary/aromatic N) is 6. The lowest BCUT2D eigenvalue weighted by atomic mass is 9.77. The van der Waals surface area contributed by atoms with Gasteiger partial charge in [-0.05, 0) is 213 Å². The summed E-state index contributed by atoms with van der Waals surface area (Å²) in [5, 5.41) is 4.88. The van der Waals surface area contributed by atoms with Crippen LogP contribution in [-0.2, 0) is 0 Å². The number of anilines is 12. The van der Waals surface area contributed by atoms with Crippen molar-refractivity contribution in [1.29, 1.82) is 0 Å². The SMILES string of the molecule is c1ccc(-c2ccc3c(c2)c2cc(-c4ccccc4)cc4c2n3C2c3cc5c(cc3N(c3ccccc3)c3cc(N(c6ccccc6)c6ccccc6)cc-4c32)N(c2ccccc2)c2cc(N(c3ccccc3)c3ccccc3)cc3c2C5n2c4ccc(-c5ccccc5)cc4c4cc(-c5ccccc5)cc-3c42)cc1. The molecule has 2 unspecified atom stereocenters. The van der Waals surface area contributed by atoms with E-state index >= 15 is 0 Å². The van der Waals surface area contributed by atoms with Gasteiger partial charge in [-0.25, -0.2) is 0 Å². The topological polar surface area (TPSA) is 22.8 Å². The average molecular weight is 1400 g/mol. The summed E-state index contributed by atoms with van der Waals surface area (Å²) in [6.45, 7) is 0. The van der Waals surface area contributed by atoms with E-state index in [-0.39, 0.29) is 12.1 Å². The van der Waals surface area contributed by atoms with E-state index in [1.54, 1.807) is 0 Å². The Morgan fingerprint density at radius 3 is 0.836 bits per heavy atom. The van der Waals surface area contributed by atoms with Crippen LogP contribution in [0.15, 0.2) is 400 Å². The number of benzene rings is 17. The lowest BCUT2D eigenvalue weighted by Gasteiger charge is -2.46. The van der Waals surface area contributed by atoms with Gasteiger partial charge < -0.3 is 28.7 Å². The second kappa shape index (κ2) is 24.6. The highest BCUT2D eigenvalue weighted by atomic mass is 15.2. The standard InChI is InChI=1S/C104H68N6/c1-11-31-67(32-12-1)71-51-53-93-83(55-71)87-57-73(69-35-15-3-16-36-69)59-89-85-61-81(105(75-39-19-5-20-40-75)76-41-21-6-22-42-76)63-97-99(85)103(109(93)101(87)89)91-65-92-96(66-95(91)107(97)79-47-27-9-28-48-79)108(80-49-29-10-30-50-80)98-64-82(106(77-43-23-7-24-44-77)78-45-25-8-26-46-78)62-86-90-60-74(70-37-17-4-18-38-70)58-88-84-56-72(68-33-13-2-14-34-68)52-54-94(84)110(102(88)90)104(92)100(86)98/h1-66,103-104H. The van der Waals surface area contributed by atoms with Crippen LogP contribution < -0.4 is 19.6 Å². The Hall–Kier alpha value is -14.5. The third-order valence-electron chi connectivity index (χ3n) is 23.5. The highest BCUT2D eigenvalue weighted by molar-refractivity contribution is 6.20. The van der Waals surface area contributed by atoms with E-state index < -0.39 is 0 Å². The zero-order chi connectivity index (χ0) is 72.1. The van der Waals surface area contributed by atoms with Crippen LogP contribution in [0, 0.1) is 0 Å². The molecule has 514 valence electrons. The smallest absolute Gasteiger partial charge is 0.0892 e. The summed E-state index contributed by atoms with van der Waals surface area (Å²) in [5.74, 6) is 0. The third-order valence-corrected chi connectivity index (χ3v) is 23.5. The molecule has 2 aromatic heterocycles. The van der Waals surface area contributed by atoms with E-state index in [1.807, 2.05) is 0 Å². The van der Waals surface area contributed by atoms with Crippen molar-refractivity contribution in [2.45, 2.75) is 12.1 Å². The molecule has 0 spiro atoms. The van der Waals surface area contributed by atoms with E-state index in [9.17, 15) is 0 Å². The fourth-order valence-electron chi connectivity index (χ4n) is 18.9. The molecule has 0 amide bonds. The zero-order valence-corrected chi connectivity index (χ0v) is 59.9. The molecule has 0 saturated heterocycles. The van der Waals surface area contributed by atoms with E-state index in [2.05, 4.69) is 429 Å². The summed E-state index contributed by atoms with van der Waals surface area (Å²) in [6, 6.07) is 149. The Morgan fingerprint density at radius 2 is 0.500 bits per heavy atom. The molecule has 19 aromatic rings. The molecule has 0 fully saturated rings. The number of aromatic nitrogens is 2. The molecule has 0 bridgehead atoms. The van der Waals surface area contributed by atoms with Crippen molar-refractivity contribution in [3.63, 3.8) is 0 Å². The molecule has 17 aromatic carbocycles. The number of fused-ring (bicyclic) bond motifs is 14. The maximum Gasteiger partial charge on any atom is 0.0892 e. The van der Waals surface area contributed by atoms with Crippen LogP contribution in [0.1, 0.15) is 34.3 Å². The first-order chi connectivity index (χ1) is 54.6. The lowest BCUT2D eigenvalue weighted by Crippen LogP contribution is -2.32. The minimum Gasteiger partial charge on any atom is -0.328 e. The molecular formula is C104H68N6. The second-order valence-corrected chi connectivity index (χ2v) is 29.5. The van der Waals surface area contributed by atoms with Crippen molar-refractivity contribution in [2.24, 2.45) is 0 Å². The molecule has 6 nitrogen and oxygen atoms in total. The van der Waals surface area contributed by atoms with Crippen molar-refractivity contribution in [3.05, 3.63) is 423 Å². The zero-order valence-electron chi connectivity index (χ0n) is 59.9. The van der Waals surface area contributed by atoms with Crippen LogP contribution in [0.2, 0.25) is 0 Å². The van der Waals surface area contributed by atoms with Crippen LogP contribution in [0.25, 0.3) is 110 Å². The van der Waals surface area contributed by atoms with Crippen LogP contribution in [0.5, 0.6) is 0 Å². The largest absolute Gasteiger partial charge is 0.328 e. The molecule has 2 atom stereocenters. The molecule has 0 radical (unpaired) electrons. The monoisotopic (exact) mass is 1400 g/mol. The average Bonchev–Trinajstić information content (AvgIpc) is 1.33. The quantitative estimate of drug-likeness (QED) is 0.122. The summed E-state index contributed by atoms with van der Waals surface area (Å²) in [7, 11) is 0. The Balaban J connectivity index is 0.885. The molecule has 0 saturated carbocycles. The second-order valence-electron chi connectivity index (χ2n) is 29.5. The van der Waals surface area contributed by atoms with Crippen LogP contribution in [0.4, 0.5) is 68.2 Å². The molecule has 110 heavy (non-hydrogen) atoms. The summed E-state index contributed by atoms with van der Waals surface area (Å²) in [6.07, 6.45) is 0. The van der Waals surface area contributed by atoms with Gasteiger partial charge in [-0.15, -0.1) is 0 Å². The highest BCUT2D eigenvalue weighted by Crippen LogP contribution is 2.65. The summed E-state index contributed by atoms with van der Waals surface area (Å²) in [5.41, 5.74) is 37.0. The first-order valence-electron chi connectivity index (χ1n) is 38.1.